The van der Waals surface area contributed by atoms with Crippen molar-refractivity contribution in [3.63, 3.8) is 0 Å². The van der Waals surface area contributed by atoms with Gasteiger partial charge in [-0.05, 0) is 48.4 Å². The van der Waals surface area contributed by atoms with Gasteiger partial charge in [0.05, 0.1) is 12.0 Å². The van der Waals surface area contributed by atoms with Crippen molar-refractivity contribution in [2.45, 2.75) is 30.5 Å². The first-order valence-electron chi connectivity index (χ1n) is 8.72. The van der Waals surface area contributed by atoms with Crippen molar-refractivity contribution in [2.24, 2.45) is 0 Å². The molecule has 1 atom stereocenters. The molecule has 1 aliphatic heterocycles. The van der Waals surface area contributed by atoms with Crippen LogP contribution >= 0.6 is 0 Å². The molecule has 0 saturated heterocycles. The summed E-state index contributed by atoms with van der Waals surface area (Å²) in [6, 6.07) is 4.95. The Hall–Kier alpha value is -2.95. The molecule has 3 rings (SSSR count). The number of alkyl halides is 3. The Bertz CT molecular complexity index is 1190. The highest BCUT2D eigenvalue weighted by molar-refractivity contribution is 7.90. The molecule has 31 heavy (non-hydrogen) atoms. The Labute approximate surface area is 174 Å². The summed E-state index contributed by atoms with van der Waals surface area (Å²) in [4.78, 5) is 11.8. The monoisotopic (exact) mass is 462 g/mol. The van der Waals surface area contributed by atoms with Crippen LogP contribution in [0.2, 0.25) is 0 Å². The zero-order chi connectivity index (χ0) is 23.1. The highest BCUT2D eigenvalue weighted by Crippen LogP contribution is 2.38. The number of hydrogen-bond acceptors (Lipinski definition) is 5. The number of aryl methyl sites for hydroxylation is 1. The molecule has 0 aromatic heterocycles. The average Bonchev–Trinajstić information content (AvgIpc) is 2.94. The Kier molecular flexibility index (Phi) is 5.83. The number of carbonyl (C=O) groups is 1. The number of carbonyl (C=O) groups excluding carboxylic acids is 1. The fraction of sp³-hybridized carbons (Fsp3) is 0.250. The fourth-order valence-corrected chi connectivity index (χ4v) is 4.26. The van der Waals surface area contributed by atoms with Gasteiger partial charge in [-0.1, -0.05) is 0 Å². The van der Waals surface area contributed by atoms with E-state index in [2.05, 4.69) is 0 Å². The maximum absolute atomic E-state index is 13.5. The lowest BCUT2D eigenvalue weighted by atomic mass is 10.0. The molecule has 0 spiro atoms. The fourth-order valence-electron chi connectivity index (χ4n) is 3.15. The number of benzene rings is 2. The number of ether oxygens (including phenoxy) is 2. The average molecular weight is 462 g/mol. The van der Waals surface area contributed by atoms with Crippen LogP contribution in [0.3, 0.4) is 0 Å². The zero-order valence-corrected chi connectivity index (χ0v) is 16.9. The second-order valence-electron chi connectivity index (χ2n) is 6.91. The number of halogens is 5. The van der Waals surface area contributed by atoms with Gasteiger partial charge in [0.2, 0.25) is 0 Å². The van der Waals surface area contributed by atoms with E-state index < -0.39 is 46.1 Å². The quantitative estimate of drug-likeness (QED) is 0.475. The molecule has 2 aromatic carbocycles. The summed E-state index contributed by atoms with van der Waals surface area (Å²) >= 11 is 0. The van der Waals surface area contributed by atoms with Crippen LogP contribution in [0.15, 0.2) is 41.3 Å². The molecule has 0 saturated carbocycles. The normalized spacial score (nSPS) is 16.8. The molecular formula is C20H15F5O5S. The molecule has 0 aliphatic carbocycles. The molecule has 0 fully saturated rings. The predicted octanol–water partition coefficient (Wildman–Crippen LogP) is 4.73. The van der Waals surface area contributed by atoms with E-state index in [-0.39, 0.29) is 33.1 Å². The maximum atomic E-state index is 13.5. The molecule has 0 radical (unpaired) electrons. The number of hydrogen-bond donors (Lipinski definition) is 0. The third-order valence-electron chi connectivity index (χ3n) is 4.30. The van der Waals surface area contributed by atoms with E-state index in [1.807, 2.05) is 0 Å². The zero-order valence-electron chi connectivity index (χ0n) is 16.1. The van der Waals surface area contributed by atoms with E-state index in [9.17, 15) is 35.2 Å². The van der Waals surface area contributed by atoms with Crippen LogP contribution in [0.25, 0.3) is 5.57 Å². The van der Waals surface area contributed by atoms with Crippen LogP contribution in [0.5, 0.6) is 11.5 Å². The minimum absolute atomic E-state index is 0.0529. The topological polar surface area (TPSA) is 69.7 Å². The minimum atomic E-state index is -4.56. The van der Waals surface area contributed by atoms with E-state index >= 15 is 0 Å². The molecule has 2 aromatic rings. The number of cyclic esters (lactones) is 1. The van der Waals surface area contributed by atoms with Crippen LogP contribution in [0.4, 0.5) is 22.0 Å². The first kappa shape index (κ1) is 22.7. The van der Waals surface area contributed by atoms with Crippen LogP contribution in [0, 0.1) is 18.6 Å². The molecular weight excluding hydrogens is 447 g/mol. The van der Waals surface area contributed by atoms with Crippen LogP contribution in [-0.2, 0) is 19.4 Å². The molecule has 0 bridgehead atoms. The molecule has 5 nitrogen and oxygen atoms in total. The van der Waals surface area contributed by atoms with Crippen LogP contribution in [-0.4, -0.2) is 32.9 Å². The highest BCUT2D eigenvalue weighted by Gasteiger charge is 2.37. The Morgan fingerprint density at radius 2 is 1.77 bits per heavy atom. The second kappa shape index (κ2) is 7.95. The highest BCUT2D eigenvalue weighted by atomic mass is 32.2. The van der Waals surface area contributed by atoms with Gasteiger partial charge in [-0.15, -0.1) is 0 Å². The summed E-state index contributed by atoms with van der Waals surface area (Å²) in [5, 5.41) is 0. The van der Waals surface area contributed by atoms with Crippen molar-refractivity contribution in [1.82, 2.24) is 0 Å². The number of sulfone groups is 1. The van der Waals surface area contributed by atoms with Crippen LogP contribution < -0.4 is 4.74 Å². The molecule has 0 amide bonds. The second-order valence-corrected chi connectivity index (χ2v) is 8.87. The summed E-state index contributed by atoms with van der Waals surface area (Å²) < 4.78 is 99.2. The summed E-state index contributed by atoms with van der Waals surface area (Å²) in [5.41, 5.74) is -0.0183. The van der Waals surface area contributed by atoms with Gasteiger partial charge in [0, 0.05) is 12.3 Å². The van der Waals surface area contributed by atoms with Crippen LogP contribution in [0.1, 0.15) is 17.5 Å². The maximum Gasteiger partial charge on any atom is 0.392 e. The van der Waals surface area contributed by atoms with Gasteiger partial charge in [0.25, 0.3) is 0 Å². The Morgan fingerprint density at radius 3 is 2.35 bits per heavy atom. The third kappa shape index (κ3) is 5.22. The van der Waals surface area contributed by atoms with Gasteiger partial charge in [-0.3, -0.25) is 0 Å². The third-order valence-corrected chi connectivity index (χ3v) is 5.57. The standard InChI is InChI=1S/C20H15F5O5S/c1-10-5-11(14-7-13(30-19(14)26)9-20(23,24)25)6-17(18(10)31(2,27)28)29-12-3-4-15(21)16(22)8-12/h3-8,13H,9H2,1-2H3/t13-/m0/s1. The summed E-state index contributed by atoms with van der Waals surface area (Å²) in [5.74, 6) is -3.92. The van der Waals surface area contributed by atoms with Crippen molar-refractivity contribution in [2.75, 3.05) is 6.26 Å². The molecule has 1 aliphatic rings. The first-order valence-corrected chi connectivity index (χ1v) is 10.6. The van der Waals surface area contributed by atoms with Gasteiger partial charge < -0.3 is 9.47 Å². The SMILES string of the molecule is Cc1cc(C2=C[C@@H](CC(F)(F)F)OC2=O)cc(Oc2ccc(F)c(F)c2)c1S(C)(=O)=O. The lowest BCUT2D eigenvalue weighted by Gasteiger charge is -2.15. The van der Waals surface area contributed by atoms with Crippen molar-refractivity contribution in [3.8, 4) is 11.5 Å². The largest absolute Gasteiger partial charge is 0.456 e. The molecule has 166 valence electrons. The van der Waals surface area contributed by atoms with E-state index in [1.165, 1.54) is 13.0 Å². The summed E-state index contributed by atoms with van der Waals surface area (Å²) in [7, 11) is -3.87. The van der Waals surface area contributed by atoms with Crippen molar-refractivity contribution in [1.29, 1.82) is 0 Å². The Balaban J connectivity index is 2.08. The van der Waals surface area contributed by atoms with Gasteiger partial charge in [-0.2, -0.15) is 13.2 Å². The number of rotatable bonds is 5. The smallest absolute Gasteiger partial charge is 0.392 e. The van der Waals surface area contributed by atoms with Gasteiger partial charge in [0.15, 0.2) is 21.5 Å². The van der Waals surface area contributed by atoms with E-state index in [4.69, 9.17) is 9.47 Å². The molecule has 11 heteroatoms. The molecule has 0 N–H and O–H groups in total. The molecule has 0 unspecified atom stereocenters. The van der Waals surface area contributed by atoms with Gasteiger partial charge in [-0.25, -0.2) is 22.0 Å². The van der Waals surface area contributed by atoms with E-state index in [0.29, 0.717) is 6.07 Å². The lowest BCUT2D eigenvalue weighted by Crippen LogP contribution is -2.19. The summed E-state index contributed by atoms with van der Waals surface area (Å²) in [6.07, 6.45) is -5.57. The lowest BCUT2D eigenvalue weighted by molar-refractivity contribution is -0.160. The van der Waals surface area contributed by atoms with E-state index in [0.717, 1.165) is 30.5 Å². The van der Waals surface area contributed by atoms with Crippen molar-refractivity contribution >= 4 is 21.4 Å². The predicted molar refractivity (Wildman–Crippen MR) is 99.2 cm³/mol. The first-order chi connectivity index (χ1) is 14.2. The minimum Gasteiger partial charge on any atom is -0.456 e. The van der Waals surface area contributed by atoms with Gasteiger partial charge >= 0.3 is 12.1 Å². The summed E-state index contributed by atoms with van der Waals surface area (Å²) in [6.45, 7) is 1.39. The van der Waals surface area contributed by atoms with Crippen molar-refractivity contribution < 1.29 is 44.6 Å². The Morgan fingerprint density at radius 1 is 1.10 bits per heavy atom. The van der Waals surface area contributed by atoms with E-state index in [1.54, 1.807) is 0 Å². The molecule has 1 heterocycles. The van der Waals surface area contributed by atoms with Gasteiger partial charge in [0.1, 0.15) is 22.5 Å². The number of esters is 1. The van der Waals surface area contributed by atoms with Crippen molar-refractivity contribution in [3.05, 3.63) is 59.2 Å².